The van der Waals surface area contributed by atoms with E-state index >= 15 is 0 Å². The Labute approximate surface area is 85.9 Å². The Hall–Kier alpha value is -0.610. The van der Waals surface area contributed by atoms with E-state index in [1.54, 1.807) is 20.8 Å². The number of carbonyl (C=O) groups is 1. The van der Waals surface area contributed by atoms with Crippen LogP contribution < -0.4 is 0 Å². The molecule has 4 heteroatoms. The second-order valence-electron chi connectivity index (χ2n) is 3.55. The highest BCUT2D eigenvalue weighted by Gasteiger charge is 2.18. The molecule has 84 valence electrons. The maximum Gasteiger partial charge on any atom is 0.323 e. The van der Waals surface area contributed by atoms with Crippen molar-refractivity contribution in [3.05, 3.63) is 0 Å². The van der Waals surface area contributed by atoms with Crippen LogP contribution in [-0.2, 0) is 9.53 Å². The third-order valence-corrected chi connectivity index (χ3v) is 2.19. The van der Waals surface area contributed by atoms with Gasteiger partial charge in [-0.25, -0.2) is 0 Å². The fraction of sp³-hybridized carbons (Fsp3) is 0.900. The molecule has 14 heavy (non-hydrogen) atoms. The van der Waals surface area contributed by atoms with Crippen LogP contribution >= 0.6 is 0 Å². The van der Waals surface area contributed by atoms with Crippen molar-refractivity contribution in [3.63, 3.8) is 0 Å². The molecule has 0 saturated heterocycles. The van der Waals surface area contributed by atoms with Gasteiger partial charge in [-0.1, -0.05) is 0 Å². The van der Waals surface area contributed by atoms with E-state index in [0.29, 0.717) is 19.6 Å². The highest BCUT2D eigenvalue weighted by atomic mass is 16.5. The molecular formula is C10H21NO3. The number of hydrogen-bond donors (Lipinski definition) is 1. The molecule has 0 aliphatic carbocycles. The number of aliphatic hydroxyl groups is 1. The smallest absolute Gasteiger partial charge is 0.323 e. The summed E-state index contributed by atoms with van der Waals surface area (Å²) in [4.78, 5) is 13.2. The molecule has 2 atom stereocenters. The van der Waals surface area contributed by atoms with Crippen molar-refractivity contribution < 1.29 is 14.6 Å². The van der Waals surface area contributed by atoms with Crippen LogP contribution in [0.15, 0.2) is 0 Å². The minimum atomic E-state index is -0.327. The zero-order valence-corrected chi connectivity index (χ0v) is 9.49. The van der Waals surface area contributed by atoms with Gasteiger partial charge in [-0.05, 0) is 34.2 Å². The number of rotatable bonds is 6. The summed E-state index contributed by atoms with van der Waals surface area (Å²) >= 11 is 0. The molecule has 0 aromatic rings. The molecule has 0 heterocycles. The Morgan fingerprint density at radius 2 is 2.07 bits per heavy atom. The maximum absolute atomic E-state index is 11.3. The van der Waals surface area contributed by atoms with Gasteiger partial charge < -0.3 is 9.84 Å². The van der Waals surface area contributed by atoms with Gasteiger partial charge in [0.05, 0.1) is 12.7 Å². The third kappa shape index (κ3) is 5.19. The van der Waals surface area contributed by atoms with Gasteiger partial charge in [-0.15, -0.1) is 0 Å². The minimum Gasteiger partial charge on any atom is -0.465 e. The van der Waals surface area contributed by atoms with Crippen molar-refractivity contribution in [2.75, 3.05) is 20.2 Å². The molecule has 0 spiro atoms. The molecule has 1 N–H and O–H groups in total. The van der Waals surface area contributed by atoms with Crippen LogP contribution in [0.4, 0.5) is 0 Å². The van der Waals surface area contributed by atoms with Gasteiger partial charge in [0, 0.05) is 6.54 Å². The highest BCUT2D eigenvalue weighted by molar-refractivity contribution is 5.75. The summed E-state index contributed by atoms with van der Waals surface area (Å²) in [6.07, 6.45) is 0.340. The summed E-state index contributed by atoms with van der Waals surface area (Å²) in [5.41, 5.74) is 0. The molecule has 0 bridgehead atoms. The molecule has 0 aliphatic rings. The zero-order valence-electron chi connectivity index (χ0n) is 9.49. The van der Waals surface area contributed by atoms with Crippen molar-refractivity contribution in [3.8, 4) is 0 Å². The molecule has 0 aliphatic heterocycles. The zero-order chi connectivity index (χ0) is 11.1. The summed E-state index contributed by atoms with van der Waals surface area (Å²) in [5, 5.41) is 9.08. The van der Waals surface area contributed by atoms with Crippen LogP contribution in [0.3, 0.4) is 0 Å². The number of aliphatic hydroxyl groups excluding tert-OH is 1. The highest BCUT2D eigenvalue weighted by Crippen LogP contribution is 2.01. The summed E-state index contributed by atoms with van der Waals surface area (Å²) in [6.45, 7) is 6.44. The van der Waals surface area contributed by atoms with Gasteiger partial charge >= 0.3 is 5.97 Å². The number of carbonyl (C=O) groups excluding carboxylic acids is 1. The quantitative estimate of drug-likeness (QED) is 0.644. The molecule has 2 unspecified atom stereocenters. The third-order valence-electron chi connectivity index (χ3n) is 2.19. The van der Waals surface area contributed by atoms with E-state index in [9.17, 15) is 4.79 Å². The first kappa shape index (κ1) is 13.4. The second kappa shape index (κ2) is 6.79. The van der Waals surface area contributed by atoms with Gasteiger partial charge in [0.25, 0.3) is 0 Å². The van der Waals surface area contributed by atoms with E-state index in [0.717, 1.165) is 0 Å². The first-order chi connectivity index (χ1) is 6.49. The molecule has 0 aromatic heterocycles. The Bertz CT molecular complexity index is 171. The molecule has 0 amide bonds. The molecule has 0 saturated carbocycles. The molecular weight excluding hydrogens is 182 g/mol. The van der Waals surface area contributed by atoms with E-state index in [2.05, 4.69) is 0 Å². The predicted molar refractivity (Wildman–Crippen MR) is 55.0 cm³/mol. The van der Waals surface area contributed by atoms with Crippen LogP contribution in [0.2, 0.25) is 0 Å². The lowest BCUT2D eigenvalue weighted by Crippen LogP contribution is -2.38. The van der Waals surface area contributed by atoms with E-state index in [4.69, 9.17) is 9.84 Å². The largest absolute Gasteiger partial charge is 0.465 e. The minimum absolute atomic E-state index is 0.208. The Morgan fingerprint density at radius 1 is 1.50 bits per heavy atom. The van der Waals surface area contributed by atoms with Gasteiger partial charge in [-0.3, -0.25) is 9.69 Å². The van der Waals surface area contributed by atoms with E-state index in [1.165, 1.54) is 0 Å². The normalized spacial score (nSPS) is 15.3. The van der Waals surface area contributed by atoms with Crippen LogP contribution in [0.25, 0.3) is 0 Å². The molecule has 0 radical (unpaired) electrons. The van der Waals surface area contributed by atoms with Crippen LogP contribution in [0.1, 0.15) is 27.2 Å². The van der Waals surface area contributed by atoms with Crippen LogP contribution in [0, 0.1) is 0 Å². The van der Waals surface area contributed by atoms with Crippen molar-refractivity contribution >= 4 is 5.97 Å². The van der Waals surface area contributed by atoms with Gasteiger partial charge in [0.1, 0.15) is 6.04 Å². The number of nitrogens with zero attached hydrogens (tertiary/aromatic N) is 1. The number of hydrogen-bond acceptors (Lipinski definition) is 4. The molecule has 0 aromatic carbocycles. The fourth-order valence-electron chi connectivity index (χ4n) is 1.03. The van der Waals surface area contributed by atoms with Gasteiger partial charge in [0.15, 0.2) is 0 Å². The maximum atomic E-state index is 11.3. The van der Waals surface area contributed by atoms with E-state index in [1.807, 2.05) is 11.9 Å². The van der Waals surface area contributed by atoms with Crippen molar-refractivity contribution in [2.45, 2.75) is 39.3 Å². The monoisotopic (exact) mass is 203 g/mol. The summed E-state index contributed by atoms with van der Waals surface area (Å²) in [5.74, 6) is -0.208. The standard InChI is InChI=1S/C10H21NO3/c1-5-14-10(13)9(3)11(4)7-6-8(2)12/h8-9,12H,5-7H2,1-4H3. The first-order valence-corrected chi connectivity index (χ1v) is 5.04. The number of ether oxygens (including phenoxy) is 1. The molecule has 4 nitrogen and oxygen atoms in total. The average Bonchev–Trinajstić information content (AvgIpc) is 2.13. The first-order valence-electron chi connectivity index (χ1n) is 5.04. The predicted octanol–water partition coefficient (Wildman–Crippen LogP) is 0.641. The lowest BCUT2D eigenvalue weighted by Gasteiger charge is -2.23. The van der Waals surface area contributed by atoms with Gasteiger partial charge in [0.2, 0.25) is 0 Å². The Morgan fingerprint density at radius 3 is 2.50 bits per heavy atom. The molecule has 0 fully saturated rings. The van der Waals surface area contributed by atoms with Crippen LogP contribution in [0.5, 0.6) is 0 Å². The van der Waals surface area contributed by atoms with E-state index < -0.39 is 0 Å². The lowest BCUT2D eigenvalue weighted by atomic mass is 10.2. The van der Waals surface area contributed by atoms with E-state index in [-0.39, 0.29) is 18.1 Å². The van der Waals surface area contributed by atoms with Crippen molar-refractivity contribution in [1.82, 2.24) is 4.90 Å². The van der Waals surface area contributed by atoms with Crippen molar-refractivity contribution in [1.29, 1.82) is 0 Å². The Kier molecular flexibility index (Phi) is 6.49. The number of esters is 1. The SMILES string of the molecule is CCOC(=O)C(C)N(C)CCC(C)O. The second-order valence-corrected chi connectivity index (χ2v) is 3.55. The van der Waals surface area contributed by atoms with Gasteiger partial charge in [-0.2, -0.15) is 0 Å². The average molecular weight is 203 g/mol. The lowest BCUT2D eigenvalue weighted by molar-refractivity contribution is -0.148. The summed E-state index contributed by atoms with van der Waals surface area (Å²) < 4.78 is 4.89. The summed E-state index contributed by atoms with van der Waals surface area (Å²) in [7, 11) is 1.85. The number of likely N-dealkylation sites (N-methyl/N-ethyl adjacent to an activating group) is 1. The molecule has 0 rings (SSSR count). The topological polar surface area (TPSA) is 49.8 Å². The fourth-order valence-corrected chi connectivity index (χ4v) is 1.03. The Balaban J connectivity index is 3.85. The van der Waals surface area contributed by atoms with Crippen molar-refractivity contribution in [2.24, 2.45) is 0 Å². The van der Waals surface area contributed by atoms with Crippen LogP contribution in [-0.4, -0.2) is 48.3 Å². The summed E-state index contributed by atoms with van der Waals surface area (Å²) in [6, 6.07) is -0.242.